The number of carbonyl (C=O) groups excluding carboxylic acids is 2. The molecule has 0 bridgehead atoms. The van der Waals surface area contributed by atoms with Crippen molar-refractivity contribution in [3.05, 3.63) is 33.4 Å². The number of hydrogen-bond donors (Lipinski definition) is 2. The van der Waals surface area contributed by atoms with Gasteiger partial charge >= 0.3 is 0 Å². The van der Waals surface area contributed by atoms with E-state index in [1.54, 1.807) is 0 Å². The summed E-state index contributed by atoms with van der Waals surface area (Å²) >= 11 is 2.21. The minimum atomic E-state index is -0.679. The maximum atomic E-state index is 12.0. The summed E-state index contributed by atoms with van der Waals surface area (Å²) in [6, 6.07) is 7.10. The number of carbonyl (C=O) groups is 2. The predicted octanol–water partition coefficient (Wildman–Crippen LogP) is 0.840. The van der Waals surface area contributed by atoms with Crippen molar-refractivity contribution < 1.29 is 14.3 Å². The monoisotopic (exact) mass is 388 g/mol. The molecule has 1 aromatic rings. The maximum absolute atomic E-state index is 12.0. The number of benzene rings is 1. The topological polar surface area (TPSA) is 81.4 Å². The van der Waals surface area contributed by atoms with Crippen LogP contribution in [-0.4, -0.2) is 31.1 Å². The van der Waals surface area contributed by atoms with E-state index >= 15 is 0 Å². The van der Waals surface area contributed by atoms with Gasteiger partial charge in [0.15, 0.2) is 0 Å². The van der Waals surface area contributed by atoms with Crippen molar-refractivity contribution in [1.82, 2.24) is 5.32 Å². The maximum Gasteiger partial charge on any atom is 0.240 e. The zero-order valence-electron chi connectivity index (χ0n) is 11.0. The van der Waals surface area contributed by atoms with Crippen LogP contribution in [0.2, 0.25) is 0 Å². The van der Waals surface area contributed by atoms with Gasteiger partial charge in [0.2, 0.25) is 11.8 Å². The highest BCUT2D eigenvalue weighted by Gasteiger charge is 2.27. The summed E-state index contributed by atoms with van der Waals surface area (Å²) in [6.45, 7) is 1.01. The van der Waals surface area contributed by atoms with Crippen LogP contribution in [0, 0.1) is 9.49 Å². The summed E-state index contributed by atoms with van der Waals surface area (Å²) in [6.07, 6.45) is 1.10. The quantitative estimate of drug-likeness (QED) is 0.734. The molecule has 5 nitrogen and oxygen atoms in total. The molecule has 0 radical (unpaired) electrons. The fourth-order valence-corrected chi connectivity index (χ4v) is 2.76. The number of nitrogens with two attached hydrogens (primary N) is 1. The first-order valence-electron chi connectivity index (χ1n) is 6.48. The van der Waals surface area contributed by atoms with Gasteiger partial charge in [0.05, 0.1) is 12.5 Å². The van der Waals surface area contributed by atoms with E-state index in [0.717, 1.165) is 9.13 Å². The first kappa shape index (κ1) is 15.2. The Morgan fingerprint density at radius 1 is 1.50 bits per heavy atom. The Morgan fingerprint density at radius 2 is 2.30 bits per heavy atom. The number of amides is 2. The molecule has 0 aliphatic carbocycles. The molecule has 1 heterocycles. The average molecular weight is 388 g/mol. The Labute approximate surface area is 131 Å². The Kier molecular flexibility index (Phi) is 5.36. The van der Waals surface area contributed by atoms with E-state index in [1.807, 2.05) is 24.3 Å². The predicted molar refractivity (Wildman–Crippen MR) is 82.9 cm³/mol. The van der Waals surface area contributed by atoms with Gasteiger partial charge in [0, 0.05) is 16.6 Å². The van der Waals surface area contributed by atoms with Crippen molar-refractivity contribution in [3.8, 4) is 0 Å². The van der Waals surface area contributed by atoms with Gasteiger partial charge in [0.25, 0.3) is 0 Å². The molecular weight excluding hydrogens is 371 g/mol. The molecule has 1 fully saturated rings. The molecule has 1 aromatic carbocycles. The standard InChI is InChI=1S/C14H17IN2O3/c15-11-3-1-2-9(6-11)7-12(13(16)18)17-14(19)10-4-5-20-8-10/h1-3,6,10,12H,4-5,7-8H2,(H2,16,18)(H,17,19)/t10-,12+/m1/s1. The fourth-order valence-electron chi connectivity index (χ4n) is 2.15. The minimum absolute atomic E-state index is 0.156. The third kappa shape index (κ3) is 4.17. The smallest absolute Gasteiger partial charge is 0.240 e. The lowest BCUT2D eigenvalue weighted by Gasteiger charge is -2.17. The van der Waals surface area contributed by atoms with E-state index in [0.29, 0.717) is 26.1 Å². The molecule has 6 heteroatoms. The Balaban J connectivity index is 2.00. The van der Waals surface area contributed by atoms with Crippen molar-refractivity contribution >= 4 is 34.4 Å². The molecule has 2 amide bonds. The number of primary amides is 1. The van der Waals surface area contributed by atoms with Crippen molar-refractivity contribution in [3.63, 3.8) is 0 Å². The number of halogens is 1. The summed E-state index contributed by atoms with van der Waals surface area (Å²) in [5.74, 6) is -0.846. The fraction of sp³-hybridized carbons (Fsp3) is 0.429. The lowest BCUT2D eigenvalue weighted by Crippen LogP contribution is -2.48. The first-order chi connectivity index (χ1) is 9.56. The van der Waals surface area contributed by atoms with E-state index in [9.17, 15) is 9.59 Å². The molecule has 0 saturated carbocycles. The zero-order valence-corrected chi connectivity index (χ0v) is 13.1. The lowest BCUT2D eigenvalue weighted by molar-refractivity contribution is -0.129. The van der Waals surface area contributed by atoms with Crippen LogP contribution in [-0.2, 0) is 20.7 Å². The molecule has 0 aromatic heterocycles. The van der Waals surface area contributed by atoms with E-state index < -0.39 is 11.9 Å². The van der Waals surface area contributed by atoms with E-state index in [1.165, 1.54) is 0 Å². The lowest BCUT2D eigenvalue weighted by atomic mass is 10.0. The molecule has 1 aliphatic rings. The second-order valence-electron chi connectivity index (χ2n) is 4.86. The van der Waals surface area contributed by atoms with Crippen molar-refractivity contribution in [2.45, 2.75) is 18.9 Å². The summed E-state index contributed by atoms with van der Waals surface area (Å²) < 4.78 is 6.26. The van der Waals surface area contributed by atoms with Crippen LogP contribution in [0.25, 0.3) is 0 Å². The van der Waals surface area contributed by atoms with Gasteiger partial charge in [-0.3, -0.25) is 9.59 Å². The Hall–Kier alpha value is -1.15. The number of ether oxygens (including phenoxy) is 1. The van der Waals surface area contributed by atoms with Crippen molar-refractivity contribution in [1.29, 1.82) is 0 Å². The number of rotatable bonds is 5. The van der Waals surface area contributed by atoms with Gasteiger partial charge in [-0.1, -0.05) is 12.1 Å². The van der Waals surface area contributed by atoms with Crippen LogP contribution in [0.4, 0.5) is 0 Å². The Bertz CT molecular complexity index is 501. The van der Waals surface area contributed by atoms with E-state index in [4.69, 9.17) is 10.5 Å². The summed E-state index contributed by atoms with van der Waals surface area (Å²) in [5.41, 5.74) is 6.36. The summed E-state index contributed by atoms with van der Waals surface area (Å²) in [5, 5.41) is 2.73. The zero-order chi connectivity index (χ0) is 14.5. The largest absolute Gasteiger partial charge is 0.381 e. The van der Waals surface area contributed by atoms with Crippen LogP contribution in [0.5, 0.6) is 0 Å². The van der Waals surface area contributed by atoms with Crippen molar-refractivity contribution in [2.75, 3.05) is 13.2 Å². The van der Waals surface area contributed by atoms with Gasteiger partial charge in [0.1, 0.15) is 6.04 Å². The third-order valence-electron chi connectivity index (χ3n) is 3.29. The summed E-state index contributed by atoms with van der Waals surface area (Å²) in [4.78, 5) is 23.5. The SMILES string of the molecule is NC(=O)[C@H](Cc1cccc(I)c1)NC(=O)[C@@H]1CCOC1. The third-order valence-corrected chi connectivity index (χ3v) is 3.96. The van der Waals surface area contributed by atoms with Gasteiger partial charge < -0.3 is 15.8 Å². The normalized spacial score (nSPS) is 19.6. The molecule has 108 valence electrons. The van der Waals surface area contributed by atoms with Crippen LogP contribution in [0.15, 0.2) is 24.3 Å². The van der Waals surface area contributed by atoms with Crippen molar-refractivity contribution in [2.24, 2.45) is 11.7 Å². The van der Waals surface area contributed by atoms with Gasteiger partial charge in [-0.05, 0) is 46.7 Å². The average Bonchev–Trinajstić information content (AvgIpc) is 2.91. The second kappa shape index (κ2) is 7.03. The van der Waals surface area contributed by atoms with Crippen LogP contribution in [0.1, 0.15) is 12.0 Å². The minimum Gasteiger partial charge on any atom is -0.381 e. The molecule has 2 atom stereocenters. The number of nitrogens with one attached hydrogen (secondary N) is 1. The molecule has 20 heavy (non-hydrogen) atoms. The Morgan fingerprint density at radius 3 is 2.90 bits per heavy atom. The second-order valence-corrected chi connectivity index (χ2v) is 6.10. The van der Waals surface area contributed by atoms with E-state index in [2.05, 4.69) is 27.9 Å². The molecule has 2 rings (SSSR count). The van der Waals surface area contributed by atoms with Crippen LogP contribution < -0.4 is 11.1 Å². The van der Waals surface area contributed by atoms with E-state index in [-0.39, 0.29) is 11.8 Å². The molecule has 0 spiro atoms. The first-order valence-corrected chi connectivity index (χ1v) is 7.56. The highest BCUT2D eigenvalue weighted by atomic mass is 127. The van der Waals surface area contributed by atoms with Gasteiger partial charge in [-0.15, -0.1) is 0 Å². The highest BCUT2D eigenvalue weighted by molar-refractivity contribution is 14.1. The molecular formula is C14H17IN2O3. The molecule has 0 unspecified atom stereocenters. The van der Waals surface area contributed by atoms with Crippen LogP contribution in [0.3, 0.4) is 0 Å². The number of hydrogen-bond acceptors (Lipinski definition) is 3. The highest BCUT2D eigenvalue weighted by Crippen LogP contribution is 2.14. The molecule has 1 aliphatic heterocycles. The van der Waals surface area contributed by atoms with Crippen LogP contribution >= 0.6 is 22.6 Å². The molecule has 3 N–H and O–H groups in total. The van der Waals surface area contributed by atoms with Gasteiger partial charge in [-0.2, -0.15) is 0 Å². The summed E-state index contributed by atoms with van der Waals surface area (Å²) in [7, 11) is 0. The molecule has 1 saturated heterocycles. The van der Waals surface area contributed by atoms with Gasteiger partial charge in [-0.25, -0.2) is 0 Å².